The van der Waals surface area contributed by atoms with E-state index in [0.29, 0.717) is 12.0 Å². The monoisotopic (exact) mass is 225 g/mol. The van der Waals surface area contributed by atoms with E-state index < -0.39 is 5.60 Å². The predicted molar refractivity (Wildman–Crippen MR) is 61.2 cm³/mol. The Morgan fingerprint density at radius 3 is 2.75 bits per heavy atom. The van der Waals surface area contributed by atoms with Crippen molar-refractivity contribution in [3.63, 3.8) is 0 Å². The normalized spacial score (nSPS) is 11.6. The number of aryl methyl sites for hydroxylation is 2. The van der Waals surface area contributed by atoms with Crippen LogP contribution >= 0.6 is 0 Å². The smallest absolute Gasteiger partial charge is 0.254 e. The van der Waals surface area contributed by atoms with Crippen molar-refractivity contribution in [1.29, 1.82) is 0 Å². The summed E-state index contributed by atoms with van der Waals surface area (Å²) in [5, 5.41) is 16.4. The molecule has 0 aliphatic carbocycles. The summed E-state index contributed by atoms with van der Waals surface area (Å²) in [5.41, 5.74) is 0.453. The van der Waals surface area contributed by atoms with Gasteiger partial charge in [0.25, 0.3) is 5.91 Å². The van der Waals surface area contributed by atoms with Gasteiger partial charge in [-0.3, -0.25) is 9.48 Å². The lowest BCUT2D eigenvalue weighted by Crippen LogP contribution is -2.38. The summed E-state index contributed by atoms with van der Waals surface area (Å²) >= 11 is 0. The third-order valence-electron chi connectivity index (χ3n) is 2.17. The van der Waals surface area contributed by atoms with Gasteiger partial charge in [-0.05, 0) is 20.3 Å². The Bertz CT molecular complexity index is 377. The number of carbonyl (C=O) groups is 1. The van der Waals surface area contributed by atoms with Crippen LogP contribution in [-0.2, 0) is 13.5 Å². The largest absolute Gasteiger partial charge is 0.389 e. The van der Waals surface area contributed by atoms with Gasteiger partial charge >= 0.3 is 0 Å². The highest BCUT2D eigenvalue weighted by molar-refractivity contribution is 5.95. The van der Waals surface area contributed by atoms with E-state index in [0.717, 1.165) is 5.69 Å². The number of hydrogen-bond donors (Lipinski definition) is 2. The Balaban J connectivity index is 2.73. The second kappa shape index (κ2) is 4.65. The van der Waals surface area contributed by atoms with Gasteiger partial charge in [-0.25, -0.2) is 0 Å². The zero-order chi connectivity index (χ0) is 12.3. The highest BCUT2D eigenvalue weighted by Gasteiger charge is 2.18. The van der Waals surface area contributed by atoms with Crippen molar-refractivity contribution < 1.29 is 9.90 Å². The van der Waals surface area contributed by atoms with Gasteiger partial charge in [-0.15, -0.1) is 0 Å². The lowest BCUT2D eigenvalue weighted by atomic mass is 10.1. The Labute approximate surface area is 95.5 Å². The Kier molecular flexibility index (Phi) is 3.70. The Hall–Kier alpha value is -1.36. The maximum absolute atomic E-state index is 11.8. The predicted octanol–water partition coefficient (Wildman–Crippen LogP) is 0.483. The molecular formula is C11H19N3O2. The molecule has 5 nitrogen and oxygen atoms in total. The van der Waals surface area contributed by atoms with Crippen molar-refractivity contribution in [1.82, 2.24) is 15.1 Å². The quantitative estimate of drug-likeness (QED) is 0.783. The first-order valence-corrected chi connectivity index (χ1v) is 5.36. The van der Waals surface area contributed by atoms with Gasteiger partial charge in [0.2, 0.25) is 0 Å². The highest BCUT2D eigenvalue weighted by Crippen LogP contribution is 2.07. The van der Waals surface area contributed by atoms with Gasteiger partial charge in [0.15, 0.2) is 0 Å². The molecule has 2 N–H and O–H groups in total. The van der Waals surface area contributed by atoms with Crippen molar-refractivity contribution in [2.24, 2.45) is 7.05 Å². The summed E-state index contributed by atoms with van der Waals surface area (Å²) in [5.74, 6) is -0.188. The first-order valence-electron chi connectivity index (χ1n) is 5.36. The van der Waals surface area contributed by atoms with Crippen LogP contribution in [-0.4, -0.2) is 32.9 Å². The highest BCUT2D eigenvalue weighted by atomic mass is 16.3. The maximum atomic E-state index is 11.8. The van der Waals surface area contributed by atoms with Crippen LogP contribution in [0.15, 0.2) is 6.20 Å². The van der Waals surface area contributed by atoms with E-state index >= 15 is 0 Å². The zero-order valence-electron chi connectivity index (χ0n) is 10.2. The minimum Gasteiger partial charge on any atom is -0.389 e. The fourth-order valence-electron chi connectivity index (χ4n) is 1.38. The molecule has 0 saturated heterocycles. The number of amides is 1. The van der Waals surface area contributed by atoms with Crippen molar-refractivity contribution in [2.45, 2.75) is 32.8 Å². The van der Waals surface area contributed by atoms with E-state index in [1.54, 1.807) is 31.8 Å². The van der Waals surface area contributed by atoms with Crippen LogP contribution in [0.4, 0.5) is 0 Å². The van der Waals surface area contributed by atoms with E-state index in [1.807, 2.05) is 6.92 Å². The first kappa shape index (κ1) is 12.7. The van der Waals surface area contributed by atoms with Crippen molar-refractivity contribution in [3.05, 3.63) is 17.5 Å². The SMILES string of the molecule is CCc1nn(C)cc1C(=O)NCC(C)(C)O. The average molecular weight is 225 g/mol. The summed E-state index contributed by atoms with van der Waals surface area (Å²) in [6.07, 6.45) is 2.41. The van der Waals surface area contributed by atoms with Crippen molar-refractivity contribution >= 4 is 5.91 Å². The topological polar surface area (TPSA) is 67.2 Å². The van der Waals surface area contributed by atoms with Crippen LogP contribution in [0.25, 0.3) is 0 Å². The lowest BCUT2D eigenvalue weighted by Gasteiger charge is -2.17. The summed E-state index contributed by atoms with van der Waals surface area (Å²) in [6.45, 7) is 5.48. The molecule has 1 rings (SSSR count). The number of hydrogen-bond acceptors (Lipinski definition) is 3. The molecule has 0 saturated carbocycles. The third kappa shape index (κ3) is 3.34. The average Bonchev–Trinajstić information content (AvgIpc) is 2.55. The minimum absolute atomic E-state index is 0.188. The second-order valence-corrected chi connectivity index (χ2v) is 4.51. The number of nitrogens with zero attached hydrogens (tertiary/aromatic N) is 2. The molecule has 1 aromatic heterocycles. The number of nitrogens with one attached hydrogen (secondary N) is 1. The summed E-state index contributed by atoms with van der Waals surface area (Å²) in [4.78, 5) is 11.8. The molecule has 0 unspecified atom stereocenters. The molecule has 0 aromatic carbocycles. The number of aromatic nitrogens is 2. The molecule has 5 heteroatoms. The van der Waals surface area contributed by atoms with Crippen molar-refractivity contribution in [2.75, 3.05) is 6.54 Å². The number of carbonyl (C=O) groups excluding carboxylic acids is 1. The van der Waals surface area contributed by atoms with Crippen LogP contribution in [0.5, 0.6) is 0 Å². The standard InChI is InChI=1S/C11H19N3O2/c1-5-9-8(6-14(4)13-9)10(15)12-7-11(2,3)16/h6,16H,5,7H2,1-4H3,(H,12,15). The van der Waals surface area contributed by atoms with Gasteiger partial charge in [0, 0.05) is 19.8 Å². The molecule has 16 heavy (non-hydrogen) atoms. The van der Waals surface area contributed by atoms with Crippen LogP contribution < -0.4 is 5.32 Å². The van der Waals surface area contributed by atoms with E-state index in [1.165, 1.54) is 0 Å². The second-order valence-electron chi connectivity index (χ2n) is 4.51. The molecule has 0 atom stereocenters. The number of aliphatic hydroxyl groups is 1. The van der Waals surface area contributed by atoms with E-state index in [9.17, 15) is 9.90 Å². The molecule has 0 aliphatic rings. The van der Waals surface area contributed by atoms with Crippen LogP contribution in [0.1, 0.15) is 36.8 Å². The minimum atomic E-state index is -0.899. The fraction of sp³-hybridized carbons (Fsp3) is 0.636. The van der Waals surface area contributed by atoms with E-state index in [-0.39, 0.29) is 12.5 Å². The Morgan fingerprint density at radius 2 is 2.25 bits per heavy atom. The van der Waals surface area contributed by atoms with Gasteiger partial charge in [0.05, 0.1) is 16.9 Å². The van der Waals surface area contributed by atoms with Crippen LogP contribution in [0.2, 0.25) is 0 Å². The molecule has 0 aliphatic heterocycles. The molecule has 1 aromatic rings. The molecule has 1 heterocycles. The van der Waals surface area contributed by atoms with Gasteiger partial charge in [-0.2, -0.15) is 5.10 Å². The molecular weight excluding hydrogens is 206 g/mol. The summed E-state index contributed by atoms with van der Waals surface area (Å²) in [7, 11) is 1.78. The molecule has 0 radical (unpaired) electrons. The number of rotatable bonds is 4. The van der Waals surface area contributed by atoms with Crippen LogP contribution in [0, 0.1) is 0 Å². The van der Waals surface area contributed by atoms with E-state index in [4.69, 9.17) is 0 Å². The molecule has 0 fully saturated rings. The van der Waals surface area contributed by atoms with Crippen molar-refractivity contribution in [3.8, 4) is 0 Å². The first-order chi connectivity index (χ1) is 7.33. The fourth-order valence-corrected chi connectivity index (χ4v) is 1.38. The van der Waals surface area contributed by atoms with E-state index in [2.05, 4.69) is 10.4 Å². The van der Waals surface area contributed by atoms with Gasteiger partial charge < -0.3 is 10.4 Å². The Morgan fingerprint density at radius 1 is 1.62 bits per heavy atom. The zero-order valence-corrected chi connectivity index (χ0v) is 10.2. The molecule has 0 bridgehead atoms. The third-order valence-corrected chi connectivity index (χ3v) is 2.17. The molecule has 0 spiro atoms. The molecule has 90 valence electrons. The van der Waals surface area contributed by atoms with Gasteiger partial charge in [-0.1, -0.05) is 6.92 Å². The lowest BCUT2D eigenvalue weighted by molar-refractivity contribution is 0.0694. The summed E-state index contributed by atoms with van der Waals surface area (Å²) in [6, 6.07) is 0. The van der Waals surface area contributed by atoms with Gasteiger partial charge in [0.1, 0.15) is 0 Å². The maximum Gasteiger partial charge on any atom is 0.254 e. The molecule has 1 amide bonds. The van der Waals surface area contributed by atoms with Crippen LogP contribution in [0.3, 0.4) is 0 Å². The summed E-state index contributed by atoms with van der Waals surface area (Å²) < 4.78 is 1.62.